The van der Waals surface area contributed by atoms with Gasteiger partial charge in [0.15, 0.2) is 10.0 Å². The summed E-state index contributed by atoms with van der Waals surface area (Å²) in [5.74, 6) is 0. The first-order valence-corrected chi connectivity index (χ1v) is 9.41. The molecule has 98 valence electrons. The van der Waals surface area contributed by atoms with E-state index in [1.54, 1.807) is 45.3 Å². The molecule has 0 aromatic carbocycles. The van der Waals surface area contributed by atoms with E-state index in [0.717, 1.165) is 21.4 Å². The smallest absolute Gasteiger partial charge is 0.152 e. The molecule has 0 spiro atoms. The Morgan fingerprint density at radius 1 is 0.650 bits per heavy atom. The number of nitrogens with zero attached hydrogens (tertiary/aromatic N) is 2. The topological polar surface area (TPSA) is 25.8 Å². The third kappa shape index (κ3) is 2.25. The molecule has 0 aliphatic carbocycles. The van der Waals surface area contributed by atoms with Gasteiger partial charge in [-0.2, -0.15) is 0 Å². The van der Waals surface area contributed by atoms with Crippen molar-refractivity contribution in [3.8, 4) is 31.2 Å². The zero-order valence-corrected chi connectivity index (χ0v) is 13.4. The molecule has 0 bridgehead atoms. The van der Waals surface area contributed by atoms with E-state index >= 15 is 0 Å². The summed E-state index contributed by atoms with van der Waals surface area (Å²) in [7, 11) is 0. The maximum absolute atomic E-state index is 4.70. The van der Waals surface area contributed by atoms with Gasteiger partial charge in [0.05, 0.1) is 21.1 Å². The van der Waals surface area contributed by atoms with E-state index < -0.39 is 0 Å². The van der Waals surface area contributed by atoms with Crippen molar-refractivity contribution >= 4 is 45.3 Å². The molecule has 0 fully saturated rings. The lowest BCUT2D eigenvalue weighted by Gasteiger charge is -1.89. The molecule has 4 heterocycles. The van der Waals surface area contributed by atoms with Gasteiger partial charge in [0.25, 0.3) is 0 Å². The summed E-state index contributed by atoms with van der Waals surface area (Å²) in [6.45, 7) is 0. The highest BCUT2D eigenvalue weighted by Crippen LogP contribution is 2.35. The summed E-state index contributed by atoms with van der Waals surface area (Å²) < 4.78 is 0. The fraction of sp³-hybridized carbons (Fsp3) is 0. The number of thiazole rings is 2. The second-order valence-electron chi connectivity index (χ2n) is 4.03. The lowest BCUT2D eigenvalue weighted by molar-refractivity contribution is 1.36. The summed E-state index contributed by atoms with van der Waals surface area (Å²) >= 11 is 6.75. The van der Waals surface area contributed by atoms with Gasteiger partial charge in [-0.25, -0.2) is 9.97 Å². The molecule has 0 atom stereocenters. The number of aromatic nitrogens is 2. The summed E-state index contributed by atoms with van der Waals surface area (Å²) in [6, 6.07) is 8.31. The summed E-state index contributed by atoms with van der Waals surface area (Å²) in [5, 5.41) is 10.4. The molecule has 0 saturated heterocycles. The van der Waals surface area contributed by atoms with Crippen molar-refractivity contribution in [2.24, 2.45) is 0 Å². The molecular formula is C14H8N2S4. The van der Waals surface area contributed by atoms with Crippen LogP contribution in [0.15, 0.2) is 45.8 Å². The van der Waals surface area contributed by atoms with E-state index in [0.29, 0.717) is 0 Å². The molecule has 4 rings (SSSR count). The molecule has 4 aromatic rings. The van der Waals surface area contributed by atoms with Crippen LogP contribution in [0.4, 0.5) is 0 Å². The standard InChI is InChI=1S/C14H8N2S4/c1-3-11(17-5-1)9-7-19-13(15-9)14-16-10(8-20-14)12-4-2-6-18-12/h1-8H. The van der Waals surface area contributed by atoms with E-state index in [2.05, 4.69) is 45.8 Å². The second-order valence-corrected chi connectivity index (χ2v) is 7.64. The Labute approximate surface area is 132 Å². The van der Waals surface area contributed by atoms with Crippen LogP contribution in [0.3, 0.4) is 0 Å². The van der Waals surface area contributed by atoms with Gasteiger partial charge in [-0.1, -0.05) is 12.1 Å². The molecule has 0 amide bonds. The van der Waals surface area contributed by atoms with Crippen LogP contribution in [0, 0.1) is 0 Å². The van der Waals surface area contributed by atoms with Crippen molar-refractivity contribution in [2.75, 3.05) is 0 Å². The molecule has 2 nitrogen and oxygen atoms in total. The van der Waals surface area contributed by atoms with Crippen molar-refractivity contribution in [3.63, 3.8) is 0 Å². The molecule has 0 aliphatic heterocycles. The number of hydrogen-bond donors (Lipinski definition) is 0. The maximum atomic E-state index is 4.70. The van der Waals surface area contributed by atoms with E-state index in [-0.39, 0.29) is 0 Å². The zero-order valence-electron chi connectivity index (χ0n) is 10.1. The highest BCUT2D eigenvalue weighted by atomic mass is 32.1. The molecule has 0 saturated carbocycles. The number of rotatable bonds is 3. The Hall–Kier alpha value is -1.34. The quantitative estimate of drug-likeness (QED) is 0.479. The average molecular weight is 332 g/mol. The highest BCUT2D eigenvalue weighted by Gasteiger charge is 2.12. The van der Waals surface area contributed by atoms with Gasteiger partial charge in [0.1, 0.15) is 0 Å². The third-order valence-electron chi connectivity index (χ3n) is 2.74. The van der Waals surface area contributed by atoms with E-state index in [1.165, 1.54) is 9.75 Å². The van der Waals surface area contributed by atoms with Crippen LogP contribution in [-0.4, -0.2) is 9.97 Å². The van der Waals surface area contributed by atoms with E-state index in [9.17, 15) is 0 Å². The third-order valence-corrected chi connectivity index (χ3v) is 6.35. The average Bonchev–Trinajstić information content (AvgIpc) is 3.22. The van der Waals surface area contributed by atoms with Crippen LogP contribution in [0.25, 0.3) is 31.2 Å². The minimum atomic E-state index is 1.00. The number of hydrogen-bond acceptors (Lipinski definition) is 6. The van der Waals surface area contributed by atoms with Crippen LogP contribution in [0.1, 0.15) is 0 Å². The highest BCUT2D eigenvalue weighted by molar-refractivity contribution is 7.20. The van der Waals surface area contributed by atoms with Crippen molar-refractivity contribution in [1.29, 1.82) is 0 Å². The van der Waals surface area contributed by atoms with Gasteiger partial charge < -0.3 is 0 Å². The Balaban J connectivity index is 1.68. The van der Waals surface area contributed by atoms with Crippen LogP contribution in [-0.2, 0) is 0 Å². The van der Waals surface area contributed by atoms with Crippen LogP contribution < -0.4 is 0 Å². The van der Waals surface area contributed by atoms with E-state index in [4.69, 9.17) is 9.97 Å². The second kappa shape index (κ2) is 5.21. The normalized spacial score (nSPS) is 11.0. The summed E-state index contributed by atoms with van der Waals surface area (Å²) in [4.78, 5) is 11.8. The minimum absolute atomic E-state index is 1.00. The Morgan fingerprint density at radius 2 is 1.15 bits per heavy atom. The Bertz CT molecular complexity index is 739. The lowest BCUT2D eigenvalue weighted by atomic mass is 10.4. The predicted octanol–water partition coefficient (Wildman–Crippen LogP) is 5.72. The van der Waals surface area contributed by atoms with Gasteiger partial charge in [0, 0.05) is 10.8 Å². The molecular weight excluding hydrogens is 324 g/mol. The largest absolute Gasteiger partial charge is 0.233 e. The van der Waals surface area contributed by atoms with Crippen LogP contribution in [0.5, 0.6) is 0 Å². The van der Waals surface area contributed by atoms with Crippen molar-refractivity contribution < 1.29 is 0 Å². The Kier molecular flexibility index (Phi) is 3.23. The van der Waals surface area contributed by atoms with Crippen molar-refractivity contribution in [1.82, 2.24) is 9.97 Å². The first kappa shape index (κ1) is 12.4. The summed E-state index contributed by atoms with van der Waals surface area (Å²) in [6.07, 6.45) is 0. The molecule has 0 N–H and O–H groups in total. The van der Waals surface area contributed by atoms with Crippen molar-refractivity contribution in [3.05, 3.63) is 45.8 Å². The van der Waals surface area contributed by atoms with Gasteiger partial charge in [-0.15, -0.1) is 45.3 Å². The molecule has 4 aromatic heterocycles. The van der Waals surface area contributed by atoms with Crippen LogP contribution >= 0.6 is 45.3 Å². The fourth-order valence-corrected chi connectivity index (χ4v) is 5.03. The maximum Gasteiger partial charge on any atom is 0.152 e. The van der Waals surface area contributed by atoms with Gasteiger partial charge in [0.2, 0.25) is 0 Å². The number of thiophene rings is 2. The van der Waals surface area contributed by atoms with E-state index in [1.807, 2.05) is 0 Å². The van der Waals surface area contributed by atoms with Gasteiger partial charge in [-0.3, -0.25) is 0 Å². The lowest BCUT2D eigenvalue weighted by Crippen LogP contribution is -1.77. The fourth-order valence-electron chi connectivity index (χ4n) is 1.82. The van der Waals surface area contributed by atoms with Crippen LogP contribution in [0.2, 0.25) is 0 Å². The van der Waals surface area contributed by atoms with Crippen molar-refractivity contribution in [2.45, 2.75) is 0 Å². The molecule has 6 heteroatoms. The SMILES string of the molecule is c1csc(-c2csc(-c3nc(-c4cccs4)cs3)n2)c1. The first-order chi connectivity index (χ1) is 9.90. The molecule has 0 unspecified atom stereocenters. The minimum Gasteiger partial charge on any atom is -0.233 e. The molecule has 0 radical (unpaired) electrons. The predicted molar refractivity (Wildman–Crippen MR) is 89.8 cm³/mol. The zero-order chi connectivity index (χ0) is 13.4. The summed E-state index contributed by atoms with van der Waals surface area (Å²) in [5.41, 5.74) is 2.10. The first-order valence-electron chi connectivity index (χ1n) is 5.89. The molecule has 0 aliphatic rings. The Morgan fingerprint density at radius 3 is 1.55 bits per heavy atom. The van der Waals surface area contributed by atoms with Gasteiger partial charge in [-0.05, 0) is 22.9 Å². The molecule has 20 heavy (non-hydrogen) atoms. The van der Waals surface area contributed by atoms with Gasteiger partial charge >= 0.3 is 0 Å². The monoisotopic (exact) mass is 332 g/mol.